The van der Waals surface area contributed by atoms with E-state index in [9.17, 15) is 9.90 Å². The second-order valence-electron chi connectivity index (χ2n) is 4.52. The molecule has 0 aromatic heterocycles. The molecule has 0 amide bonds. The van der Waals surface area contributed by atoms with E-state index >= 15 is 0 Å². The van der Waals surface area contributed by atoms with E-state index in [0.717, 1.165) is 16.7 Å². The second-order valence-corrected chi connectivity index (χ2v) is 4.52. The number of hydrogen-bond acceptors (Lipinski definition) is 3. The second kappa shape index (κ2) is 5.82. The van der Waals surface area contributed by atoms with Crippen molar-refractivity contribution in [2.24, 2.45) is 0 Å². The first-order valence-corrected chi connectivity index (χ1v) is 5.75. The molecule has 94 valence electrons. The van der Waals surface area contributed by atoms with Gasteiger partial charge in [-0.25, -0.2) is 0 Å². The fraction of sp³-hybridized carbons (Fsp3) is 0.500. The molecule has 0 spiro atoms. The van der Waals surface area contributed by atoms with Crippen LogP contribution in [0.25, 0.3) is 0 Å². The molecule has 1 atom stereocenters. The highest BCUT2D eigenvalue weighted by molar-refractivity contribution is 5.69. The Kier molecular flexibility index (Phi) is 4.70. The van der Waals surface area contributed by atoms with E-state index in [0.29, 0.717) is 6.42 Å². The van der Waals surface area contributed by atoms with Crippen LogP contribution in [0.4, 0.5) is 0 Å². The van der Waals surface area contributed by atoms with Gasteiger partial charge < -0.3 is 9.84 Å². The SMILES string of the molecule is COC(=O)C[C@@H](O)Cc1c(C)cc(C)cc1C. The molecule has 0 aliphatic rings. The van der Waals surface area contributed by atoms with Gasteiger partial charge in [0.15, 0.2) is 0 Å². The number of esters is 1. The van der Waals surface area contributed by atoms with E-state index in [2.05, 4.69) is 23.8 Å². The molecule has 17 heavy (non-hydrogen) atoms. The lowest BCUT2D eigenvalue weighted by Gasteiger charge is -2.15. The van der Waals surface area contributed by atoms with Gasteiger partial charge in [0.05, 0.1) is 19.6 Å². The Morgan fingerprint density at radius 1 is 1.29 bits per heavy atom. The van der Waals surface area contributed by atoms with Gasteiger partial charge in [-0.15, -0.1) is 0 Å². The molecule has 0 fully saturated rings. The van der Waals surface area contributed by atoms with Crippen LogP contribution in [0.15, 0.2) is 12.1 Å². The van der Waals surface area contributed by atoms with Crippen molar-refractivity contribution in [2.75, 3.05) is 7.11 Å². The summed E-state index contributed by atoms with van der Waals surface area (Å²) in [4.78, 5) is 11.1. The average Bonchev–Trinajstić information content (AvgIpc) is 2.23. The molecule has 0 saturated heterocycles. The van der Waals surface area contributed by atoms with E-state index in [-0.39, 0.29) is 12.4 Å². The molecule has 1 rings (SSSR count). The maximum absolute atomic E-state index is 11.1. The lowest BCUT2D eigenvalue weighted by atomic mass is 9.94. The van der Waals surface area contributed by atoms with Crippen LogP contribution in [0.5, 0.6) is 0 Å². The molecule has 3 heteroatoms. The highest BCUT2D eigenvalue weighted by Gasteiger charge is 2.14. The zero-order valence-corrected chi connectivity index (χ0v) is 10.9. The molecule has 1 aromatic carbocycles. The summed E-state index contributed by atoms with van der Waals surface area (Å²) in [5.74, 6) is -0.375. The predicted molar refractivity (Wildman–Crippen MR) is 67.0 cm³/mol. The Morgan fingerprint density at radius 3 is 2.29 bits per heavy atom. The van der Waals surface area contributed by atoms with Crippen molar-refractivity contribution in [3.8, 4) is 0 Å². The number of carbonyl (C=O) groups is 1. The van der Waals surface area contributed by atoms with Gasteiger partial charge in [0.2, 0.25) is 0 Å². The number of ether oxygens (including phenoxy) is 1. The van der Waals surface area contributed by atoms with Crippen LogP contribution in [-0.2, 0) is 16.0 Å². The first-order chi connectivity index (χ1) is 7.93. The van der Waals surface area contributed by atoms with E-state index in [4.69, 9.17) is 0 Å². The number of hydrogen-bond donors (Lipinski definition) is 1. The van der Waals surface area contributed by atoms with E-state index in [1.165, 1.54) is 12.7 Å². The molecule has 0 saturated carbocycles. The normalized spacial score (nSPS) is 12.3. The Labute approximate surface area is 102 Å². The molecular weight excluding hydrogens is 216 g/mol. The highest BCUT2D eigenvalue weighted by atomic mass is 16.5. The topological polar surface area (TPSA) is 46.5 Å². The molecular formula is C14H20O3. The van der Waals surface area contributed by atoms with Gasteiger partial charge in [-0.05, 0) is 43.9 Å². The van der Waals surface area contributed by atoms with Gasteiger partial charge in [-0.2, -0.15) is 0 Å². The number of benzene rings is 1. The number of aliphatic hydroxyl groups excluding tert-OH is 1. The summed E-state index contributed by atoms with van der Waals surface area (Å²) in [6.45, 7) is 6.11. The molecule has 3 nitrogen and oxygen atoms in total. The summed E-state index contributed by atoms with van der Waals surface area (Å²) >= 11 is 0. The number of methoxy groups -OCH3 is 1. The van der Waals surface area contributed by atoms with Crippen molar-refractivity contribution < 1.29 is 14.6 Å². The summed E-state index contributed by atoms with van der Waals surface area (Å²) in [7, 11) is 1.33. The van der Waals surface area contributed by atoms with Crippen molar-refractivity contribution in [1.82, 2.24) is 0 Å². The van der Waals surface area contributed by atoms with Crippen LogP contribution in [-0.4, -0.2) is 24.3 Å². The molecule has 1 aromatic rings. The third-order valence-corrected chi connectivity index (χ3v) is 2.91. The van der Waals surface area contributed by atoms with Gasteiger partial charge in [-0.3, -0.25) is 4.79 Å². The fourth-order valence-corrected chi connectivity index (χ4v) is 2.12. The van der Waals surface area contributed by atoms with Gasteiger partial charge in [-0.1, -0.05) is 17.7 Å². The zero-order valence-electron chi connectivity index (χ0n) is 10.9. The van der Waals surface area contributed by atoms with Crippen LogP contribution in [0.2, 0.25) is 0 Å². The average molecular weight is 236 g/mol. The maximum Gasteiger partial charge on any atom is 0.308 e. The minimum atomic E-state index is -0.678. The molecule has 0 aliphatic heterocycles. The van der Waals surface area contributed by atoms with E-state index < -0.39 is 6.10 Å². The van der Waals surface area contributed by atoms with Gasteiger partial charge in [0.25, 0.3) is 0 Å². The molecule has 0 aliphatic carbocycles. The summed E-state index contributed by atoms with van der Waals surface area (Å²) in [5.41, 5.74) is 4.65. The van der Waals surface area contributed by atoms with Crippen molar-refractivity contribution >= 4 is 5.97 Å². The number of aryl methyl sites for hydroxylation is 3. The number of aliphatic hydroxyl groups is 1. The maximum atomic E-state index is 11.1. The highest BCUT2D eigenvalue weighted by Crippen LogP contribution is 2.19. The van der Waals surface area contributed by atoms with E-state index in [1.54, 1.807) is 0 Å². The first kappa shape index (κ1) is 13.7. The Morgan fingerprint density at radius 2 is 1.82 bits per heavy atom. The smallest absolute Gasteiger partial charge is 0.308 e. The Hall–Kier alpha value is -1.35. The summed E-state index contributed by atoms with van der Waals surface area (Å²) in [6.07, 6.45) is -0.140. The van der Waals surface area contributed by atoms with Crippen molar-refractivity contribution in [2.45, 2.75) is 39.7 Å². The molecule has 0 heterocycles. The quantitative estimate of drug-likeness (QED) is 0.814. The van der Waals surface area contributed by atoms with Crippen LogP contribution >= 0.6 is 0 Å². The standard InChI is InChI=1S/C14H20O3/c1-9-5-10(2)13(11(3)6-9)7-12(15)8-14(16)17-4/h5-6,12,15H,7-8H2,1-4H3/t12-/m0/s1. The largest absolute Gasteiger partial charge is 0.469 e. The van der Waals surface area contributed by atoms with Crippen molar-refractivity contribution in [1.29, 1.82) is 0 Å². The fourth-order valence-electron chi connectivity index (χ4n) is 2.12. The third kappa shape index (κ3) is 3.86. The van der Waals surface area contributed by atoms with Crippen LogP contribution < -0.4 is 0 Å². The number of carbonyl (C=O) groups excluding carboxylic acids is 1. The third-order valence-electron chi connectivity index (χ3n) is 2.91. The van der Waals surface area contributed by atoms with Crippen LogP contribution in [0.1, 0.15) is 28.7 Å². The molecule has 0 bridgehead atoms. The summed E-state index contributed by atoms with van der Waals surface area (Å²) in [6, 6.07) is 4.18. The Bertz CT molecular complexity index is 387. The van der Waals surface area contributed by atoms with Crippen molar-refractivity contribution in [3.63, 3.8) is 0 Å². The van der Waals surface area contributed by atoms with E-state index in [1.807, 2.05) is 13.8 Å². The van der Waals surface area contributed by atoms with Crippen molar-refractivity contribution in [3.05, 3.63) is 34.4 Å². The lowest BCUT2D eigenvalue weighted by Crippen LogP contribution is -2.18. The monoisotopic (exact) mass is 236 g/mol. The predicted octanol–water partition coefficient (Wildman–Crippen LogP) is 2.08. The summed E-state index contributed by atoms with van der Waals surface area (Å²) in [5, 5.41) is 9.82. The lowest BCUT2D eigenvalue weighted by molar-refractivity contribution is -0.142. The van der Waals surface area contributed by atoms with Crippen LogP contribution in [0, 0.1) is 20.8 Å². The zero-order chi connectivity index (χ0) is 13.0. The van der Waals surface area contributed by atoms with Gasteiger partial charge in [0.1, 0.15) is 0 Å². The minimum Gasteiger partial charge on any atom is -0.469 e. The number of rotatable bonds is 4. The Balaban J connectivity index is 2.78. The molecule has 1 N–H and O–H groups in total. The summed E-state index contributed by atoms with van der Waals surface area (Å²) < 4.78 is 4.54. The van der Waals surface area contributed by atoms with Gasteiger partial charge >= 0.3 is 5.97 Å². The molecule has 0 radical (unpaired) electrons. The first-order valence-electron chi connectivity index (χ1n) is 5.75. The van der Waals surface area contributed by atoms with Gasteiger partial charge in [0, 0.05) is 0 Å². The molecule has 0 unspecified atom stereocenters. The minimum absolute atomic E-state index is 0.0449. The van der Waals surface area contributed by atoms with Crippen LogP contribution in [0.3, 0.4) is 0 Å².